The quantitative estimate of drug-likeness (QED) is 0.795. The molecule has 0 radical (unpaired) electrons. The van der Waals surface area contributed by atoms with Gasteiger partial charge < -0.3 is 25.0 Å². The highest BCUT2D eigenvalue weighted by atomic mass is 19.1. The molecular weight excluding hydrogens is 360 g/mol. The van der Waals surface area contributed by atoms with Crippen LogP contribution in [0.2, 0.25) is 0 Å². The number of alkyl halides is 1. The molecule has 1 aliphatic heterocycles. The van der Waals surface area contributed by atoms with Gasteiger partial charge in [-0.3, -0.25) is 4.79 Å². The molecule has 1 aliphatic carbocycles. The van der Waals surface area contributed by atoms with Crippen LogP contribution in [-0.4, -0.2) is 41.1 Å². The molecule has 3 N–H and O–H groups in total. The second kappa shape index (κ2) is 6.19. The van der Waals surface area contributed by atoms with Crippen molar-refractivity contribution in [2.45, 2.75) is 38.0 Å². The van der Waals surface area contributed by atoms with E-state index in [2.05, 4.69) is 4.74 Å². The third kappa shape index (κ3) is 2.91. The van der Waals surface area contributed by atoms with Gasteiger partial charge in [0.1, 0.15) is 12.0 Å². The first-order valence-electron chi connectivity index (χ1n) is 8.71. The van der Waals surface area contributed by atoms with Gasteiger partial charge in [0.15, 0.2) is 5.75 Å². The zero-order chi connectivity index (χ0) is 19.5. The summed E-state index contributed by atoms with van der Waals surface area (Å²) in [5.74, 6) is -1.03. The zero-order valence-electron chi connectivity index (χ0n) is 14.6. The first-order chi connectivity index (χ1) is 12.8. The molecule has 1 aromatic carbocycles. The van der Waals surface area contributed by atoms with E-state index in [4.69, 9.17) is 10.8 Å². The minimum absolute atomic E-state index is 0.00223. The van der Waals surface area contributed by atoms with Crippen molar-refractivity contribution in [3.8, 4) is 5.75 Å². The van der Waals surface area contributed by atoms with Crippen molar-refractivity contribution in [3.63, 3.8) is 0 Å². The van der Waals surface area contributed by atoms with Gasteiger partial charge in [-0.05, 0) is 19.4 Å². The fourth-order valence-electron chi connectivity index (χ4n) is 3.74. The Labute approximate surface area is 152 Å². The van der Waals surface area contributed by atoms with Crippen molar-refractivity contribution >= 4 is 22.7 Å². The number of hydrogen-bond acceptors (Lipinski definition) is 5. The molecule has 3 atom stereocenters. The number of aromatic nitrogens is 1. The Bertz CT molecular complexity index is 1010. The Morgan fingerprint density at radius 3 is 2.70 bits per heavy atom. The van der Waals surface area contributed by atoms with Gasteiger partial charge in [-0.1, -0.05) is 0 Å². The van der Waals surface area contributed by atoms with Crippen LogP contribution in [0, 0.1) is 12.7 Å². The number of fused-ring (bicyclic) bond motifs is 1. The van der Waals surface area contributed by atoms with E-state index in [0.29, 0.717) is 24.3 Å². The van der Waals surface area contributed by atoms with Crippen molar-refractivity contribution in [1.29, 1.82) is 0 Å². The number of aryl methyl sites for hydroxylation is 1. The van der Waals surface area contributed by atoms with E-state index in [-0.39, 0.29) is 23.4 Å². The molecule has 144 valence electrons. The molecule has 0 spiro atoms. The highest BCUT2D eigenvalue weighted by Gasteiger charge is 2.40. The van der Waals surface area contributed by atoms with Gasteiger partial charge in [-0.15, -0.1) is 0 Å². The predicted octanol–water partition coefficient (Wildman–Crippen LogP) is 2.33. The van der Waals surface area contributed by atoms with Crippen LogP contribution in [0.5, 0.6) is 5.75 Å². The zero-order valence-corrected chi connectivity index (χ0v) is 14.6. The molecule has 2 aliphatic rings. The van der Waals surface area contributed by atoms with Crippen LogP contribution >= 0.6 is 0 Å². The van der Waals surface area contributed by atoms with Crippen molar-refractivity contribution in [3.05, 3.63) is 33.9 Å². The Hall–Kier alpha value is -2.68. The van der Waals surface area contributed by atoms with E-state index in [0.717, 1.165) is 6.42 Å². The van der Waals surface area contributed by atoms with Gasteiger partial charge >= 0.3 is 6.16 Å². The maximum atomic E-state index is 15.0. The van der Waals surface area contributed by atoms with Gasteiger partial charge in [0.2, 0.25) is 5.43 Å². The first-order valence-corrected chi connectivity index (χ1v) is 8.71. The molecule has 0 bridgehead atoms. The third-order valence-corrected chi connectivity index (χ3v) is 5.25. The van der Waals surface area contributed by atoms with Crippen LogP contribution in [0.4, 0.5) is 19.3 Å². The molecule has 2 fully saturated rings. The molecule has 4 rings (SSSR count). The summed E-state index contributed by atoms with van der Waals surface area (Å²) in [7, 11) is 0. The number of carboxylic acid groups (broad SMARTS) is 1. The maximum Gasteiger partial charge on any atom is 0.511 e. The summed E-state index contributed by atoms with van der Waals surface area (Å²) in [5, 5.41) is 8.86. The lowest BCUT2D eigenvalue weighted by Crippen LogP contribution is -2.27. The molecule has 9 heteroatoms. The van der Waals surface area contributed by atoms with Crippen LogP contribution in [0.3, 0.4) is 0 Å². The van der Waals surface area contributed by atoms with Gasteiger partial charge in [0, 0.05) is 31.1 Å². The topological polar surface area (TPSA) is 97.8 Å². The predicted molar refractivity (Wildman–Crippen MR) is 94.9 cm³/mol. The molecule has 1 aromatic heterocycles. The minimum atomic E-state index is -1.66. The summed E-state index contributed by atoms with van der Waals surface area (Å²) in [6.45, 7) is 2.53. The van der Waals surface area contributed by atoms with Crippen LogP contribution in [0.1, 0.15) is 24.4 Å². The number of carbonyl (C=O) groups is 1. The number of rotatable bonds is 3. The Morgan fingerprint density at radius 2 is 2.15 bits per heavy atom. The lowest BCUT2D eigenvalue weighted by Gasteiger charge is -2.22. The number of anilines is 1. The lowest BCUT2D eigenvalue weighted by atomic mass is 10.1. The number of hydrogen-bond donors (Lipinski definition) is 2. The average molecular weight is 379 g/mol. The molecule has 1 saturated heterocycles. The summed E-state index contributed by atoms with van der Waals surface area (Å²) in [4.78, 5) is 25.4. The Balaban J connectivity index is 1.97. The number of nitrogens with two attached hydrogens (primary N) is 1. The molecular formula is C18H19F2N3O4. The van der Waals surface area contributed by atoms with Gasteiger partial charge in [-0.25, -0.2) is 13.6 Å². The standard InChI is InChI=1S/C18H19F2N3O4/c1-8-15-12(5-13(16(8)20)22-3-2-9(21)6-22)23(11-4-10(11)19)7-14(17(15)24)27-18(25)26/h5,7,9-11H,2-4,6,21H2,1H3,(H,25,26)/t9-,10-,11+/m0/s1. The van der Waals surface area contributed by atoms with Crippen molar-refractivity contribution in [2.24, 2.45) is 5.73 Å². The summed E-state index contributed by atoms with van der Waals surface area (Å²) in [5.41, 5.74) is 5.93. The molecule has 2 heterocycles. The number of nitrogens with zero attached hydrogens (tertiary/aromatic N) is 2. The van der Waals surface area contributed by atoms with Gasteiger partial charge in [-0.2, -0.15) is 0 Å². The van der Waals surface area contributed by atoms with Crippen LogP contribution < -0.4 is 20.8 Å². The highest BCUT2D eigenvalue weighted by molar-refractivity contribution is 5.88. The number of pyridine rings is 1. The lowest BCUT2D eigenvalue weighted by molar-refractivity contribution is 0.143. The first kappa shape index (κ1) is 17.7. The van der Waals surface area contributed by atoms with Crippen molar-refractivity contribution in [1.82, 2.24) is 4.57 Å². The van der Waals surface area contributed by atoms with Gasteiger partial charge in [0.05, 0.1) is 28.8 Å². The molecule has 0 amide bonds. The summed E-state index contributed by atoms with van der Waals surface area (Å²) >= 11 is 0. The highest BCUT2D eigenvalue weighted by Crippen LogP contribution is 2.42. The van der Waals surface area contributed by atoms with Crippen LogP contribution in [-0.2, 0) is 0 Å². The van der Waals surface area contributed by atoms with E-state index in [1.807, 2.05) is 4.90 Å². The van der Waals surface area contributed by atoms with Crippen LogP contribution in [0.25, 0.3) is 10.9 Å². The summed E-state index contributed by atoms with van der Waals surface area (Å²) < 4.78 is 34.8. The molecule has 2 aromatic rings. The molecule has 7 nitrogen and oxygen atoms in total. The fourth-order valence-corrected chi connectivity index (χ4v) is 3.74. The van der Waals surface area contributed by atoms with Crippen LogP contribution in [0.15, 0.2) is 17.1 Å². The van der Waals surface area contributed by atoms with E-state index in [1.165, 1.54) is 23.8 Å². The van der Waals surface area contributed by atoms with E-state index in [1.54, 1.807) is 0 Å². The normalized spacial score (nSPS) is 24.4. The SMILES string of the molecule is Cc1c(F)c(N2CC[C@H](N)C2)cc2c1c(=O)c(OC(=O)O)cn2[C@@H]1C[C@@H]1F. The second-order valence-corrected chi connectivity index (χ2v) is 7.14. The summed E-state index contributed by atoms with van der Waals surface area (Å²) in [6.07, 6.45) is -0.608. The number of ether oxygens (including phenoxy) is 1. The average Bonchev–Trinajstić information content (AvgIpc) is 3.16. The Kier molecular flexibility index (Phi) is 4.06. The number of halogens is 2. The van der Waals surface area contributed by atoms with E-state index < -0.39 is 35.4 Å². The monoisotopic (exact) mass is 379 g/mol. The molecule has 0 unspecified atom stereocenters. The van der Waals surface area contributed by atoms with Crippen molar-refractivity contribution in [2.75, 3.05) is 18.0 Å². The van der Waals surface area contributed by atoms with Crippen molar-refractivity contribution < 1.29 is 23.4 Å². The molecule has 27 heavy (non-hydrogen) atoms. The third-order valence-electron chi connectivity index (χ3n) is 5.25. The summed E-state index contributed by atoms with van der Waals surface area (Å²) in [6, 6.07) is 0.919. The second-order valence-electron chi connectivity index (χ2n) is 7.14. The number of benzene rings is 1. The molecule has 1 saturated carbocycles. The van der Waals surface area contributed by atoms with Gasteiger partial charge in [0.25, 0.3) is 0 Å². The fraction of sp³-hybridized carbons (Fsp3) is 0.444. The Morgan fingerprint density at radius 1 is 1.44 bits per heavy atom. The maximum absolute atomic E-state index is 15.0. The smallest absolute Gasteiger partial charge is 0.449 e. The van der Waals surface area contributed by atoms with E-state index in [9.17, 15) is 14.0 Å². The van der Waals surface area contributed by atoms with E-state index >= 15 is 4.39 Å². The largest absolute Gasteiger partial charge is 0.511 e. The minimum Gasteiger partial charge on any atom is -0.449 e.